The molecular weight excluding hydrogens is 413 g/mol. The van der Waals surface area contributed by atoms with Crippen LogP contribution in [0, 0.1) is 12.8 Å². The zero-order chi connectivity index (χ0) is 22.3. The summed E-state index contributed by atoms with van der Waals surface area (Å²) in [6.07, 6.45) is 0.00610. The quantitative estimate of drug-likeness (QED) is 0.748. The monoisotopic (exact) mass is 434 g/mol. The summed E-state index contributed by atoms with van der Waals surface area (Å²) < 4.78 is 42.0. The number of carbonyl (C=O) groups excluding carboxylic acids is 2. The number of rotatable bonds is 6. The minimum absolute atomic E-state index is 0.00930. The van der Waals surface area contributed by atoms with Crippen LogP contribution in [0.5, 0.6) is 5.75 Å². The summed E-state index contributed by atoms with van der Waals surface area (Å²) in [7, 11) is 0. The molecule has 1 atom stereocenters. The van der Waals surface area contributed by atoms with Crippen molar-refractivity contribution < 1.29 is 27.5 Å². The van der Waals surface area contributed by atoms with Crippen molar-refractivity contribution in [3.05, 3.63) is 46.9 Å². The van der Waals surface area contributed by atoms with Crippen molar-refractivity contribution in [1.82, 2.24) is 14.9 Å². The van der Waals surface area contributed by atoms with Crippen LogP contribution in [0.1, 0.15) is 53.0 Å². The molecule has 0 aromatic carbocycles. The van der Waals surface area contributed by atoms with Crippen LogP contribution >= 0.6 is 0 Å². The van der Waals surface area contributed by atoms with Crippen LogP contribution in [0.3, 0.4) is 0 Å². The van der Waals surface area contributed by atoms with Crippen LogP contribution in [0.4, 0.5) is 19.0 Å². The number of amides is 2. The van der Waals surface area contributed by atoms with E-state index < -0.39 is 18.8 Å². The Bertz CT molecular complexity index is 1040. The van der Waals surface area contributed by atoms with E-state index in [-0.39, 0.29) is 30.0 Å². The smallest absolute Gasteiger partial charge is 0.422 e. The van der Waals surface area contributed by atoms with Gasteiger partial charge in [0.05, 0.1) is 24.5 Å². The number of hydrogen-bond donors (Lipinski definition) is 1. The molecule has 2 aliphatic rings. The fourth-order valence-corrected chi connectivity index (χ4v) is 3.50. The topological polar surface area (TPSA) is 84.4 Å². The molecule has 1 aliphatic carbocycles. The Balaban J connectivity index is 1.51. The van der Waals surface area contributed by atoms with Crippen LogP contribution in [0.2, 0.25) is 0 Å². The zero-order valence-corrected chi connectivity index (χ0v) is 17.0. The van der Waals surface area contributed by atoms with E-state index in [9.17, 15) is 22.8 Å². The summed E-state index contributed by atoms with van der Waals surface area (Å²) in [5.74, 6) is 0.126. The standard InChI is InChI=1S/C21H21F3N4O3/c1-11-7-16(26-8-17(11)31-10-21(22,23)24)12(2)28-9-15-14(20(28)30)5-6-25-18(15)27-19(29)13-3-4-13/h5-8,12-13H,3-4,9-10H2,1-2H3,(H,25,27,29). The lowest BCUT2D eigenvalue weighted by atomic mass is 10.1. The van der Waals surface area contributed by atoms with Gasteiger partial charge in [-0.3, -0.25) is 14.6 Å². The number of halogens is 3. The Morgan fingerprint density at radius 2 is 2.10 bits per heavy atom. The van der Waals surface area contributed by atoms with Crippen molar-refractivity contribution in [1.29, 1.82) is 0 Å². The highest BCUT2D eigenvalue weighted by Crippen LogP contribution is 2.36. The number of fused-ring (bicyclic) bond motifs is 1. The van der Waals surface area contributed by atoms with Gasteiger partial charge in [0.25, 0.3) is 5.91 Å². The molecule has 7 nitrogen and oxygen atoms in total. The fraction of sp³-hybridized carbons (Fsp3) is 0.429. The molecule has 31 heavy (non-hydrogen) atoms. The van der Waals surface area contributed by atoms with Gasteiger partial charge < -0.3 is 15.0 Å². The predicted molar refractivity (Wildman–Crippen MR) is 104 cm³/mol. The molecule has 0 radical (unpaired) electrons. The number of nitrogens with one attached hydrogen (secondary N) is 1. The average Bonchev–Trinajstić information content (AvgIpc) is 3.50. The largest absolute Gasteiger partial charge is 0.482 e. The van der Waals surface area contributed by atoms with Gasteiger partial charge in [-0.25, -0.2) is 4.98 Å². The lowest BCUT2D eigenvalue weighted by Gasteiger charge is -2.24. The molecule has 1 aliphatic heterocycles. The second-order valence-corrected chi connectivity index (χ2v) is 7.84. The number of alkyl halides is 3. The Morgan fingerprint density at radius 1 is 1.35 bits per heavy atom. The number of aryl methyl sites for hydroxylation is 1. The van der Waals surface area contributed by atoms with E-state index in [1.54, 1.807) is 30.9 Å². The van der Waals surface area contributed by atoms with Crippen LogP contribution < -0.4 is 10.1 Å². The van der Waals surface area contributed by atoms with Crippen molar-refractivity contribution in [2.75, 3.05) is 11.9 Å². The fourth-order valence-electron chi connectivity index (χ4n) is 3.50. The third-order valence-corrected chi connectivity index (χ3v) is 5.44. The molecule has 2 aromatic heterocycles. The van der Waals surface area contributed by atoms with Gasteiger partial charge in [0.1, 0.15) is 11.6 Å². The first-order valence-electron chi connectivity index (χ1n) is 9.90. The van der Waals surface area contributed by atoms with Gasteiger partial charge in [-0.1, -0.05) is 0 Å². The number of pyridine rings is 2. The minimum Gasteiger partial charge on any atom is -0.482 e. The number of hydrogen-bond acceptors (Lipinski definition) is 5. The summed E-state index contributed by atoms with van der Waals surface area (Å²) >= 11 is 0. The van der Waals surface area contributed by atoms with Crippen LogP contribution in [-0.2, 0) is 11.3 Å². The molecule has 3 heterocycles. The molecule has 10 heteroatoms. The van der Waals surface area contributed by atoms with Crippen LogP contribution in [0.25, 0.3) is 0 Å². The maximum Gasteiger partial charge on any atom is 0.422 e. The maximum atomic E-state index is 13.0. The van der Waals surface area contributed by atoms with Gasteiger partial charge >= 0.3 is 6.18 Å². The summed E-state index contributed by atoms with van der Waals surface area (Å²) in [5.41, 5.74) is 2.13. The van der Waals surface area contributed by atoms with Crippen molar-refractivity contribution >= 4 is 17.6 Å². The second-order valence-electron chi connectivity index (χ2n) is 7.84. The molecule has 1 N–H and O–H groups in total. The van der Waals surface area contributed by atoms with Gasteiger partial charge in [-0.05, 0) is 44.4 Å². The first kappa shape index (κ1) is 21.1. The van der Waals surface area contributed by atoms with E-state index in [2.05, 4.69) is 15.3 Å². The molecule has 0 spiro atoms. The third kappa shape index (κ3) is 4.47. The summed E-state index contributed by atoms with van der Waals surface area (Å²) in [6, 6.07) is 2.78. The molecule has 1 unspecified atom stereocenters. The highest BCUT2D eigenvalue weighted by Gasteiger charge is 2.36. The van der Waals surface area contributed by atoms with Crippen molar-refractivity contribution in [3.63, 3.8) is 0 Å². The number of aromatic nitrogens is 2. The number of nitrogens with zero attached hydrogens (tertiary/aromatic N) is 3. The first-order chi connectivity index (χ1) is 14.6. The van der Waals surface area contributed by atoms with E-state index in [1.165, 1.54) is 12.4 Å². The first-order valence-corrected chi connectivity index (χ1v) is 9.90. The van der Waals surface area contributed by atoms with Crippen molar-refractivity contribution in [2.45, 2.75) is 45.5 Å². The molecule has 0 saturated heterocycles. The molecule has 0 bridgehead atoms. The van der Waals surface area contributed by atoms with Gasteiger partial charge in [0.2, 0.25) is 5.91 Å². The number of anilines is 1. The van der Waals surface area contributed by atoms with Crippen molar-refractivity contribution in [3.8, 4) is 5.75 Å². The Morgan fingerprint density at radius 3 is 2.74 bits per heavy atom. The molecular formula is C21H21F3N4O3. The SMILES string of the molecule is Cc1cc(C(C)N2Cc3c(ccnc3NC(=O)C3CC3)C2=O)ncc1OCC(F)(F)F. The molecule has 1 saturated carbocycles. The molecule has 4 rings (SSSR count). The lowest BCUT2D eigenvalue weighted by Crippen LogP contribution is -2.28. The van der Waals surface area contributed by atoms with E-state index in [4.69, 9.17) is 4.74 Å². The number of carbonyl (C=O) groups is 2. The predicted octanol–water partition coefficient (Wildman–Crippen LogP) is 3.79. The van der Waals surface area contributed by atoms with E-state index in [1.807, 2.05) is 0 Å². The van der Waals surface area contributed by atoms with E-state index >= 15 is 0 Å². The molecule has 1 fully saturated rings. The van der Waals surface area contributed by atoms with Crippen LogP contribution in [-0.4, -0.2) is 39.5 Å². The minimum atomic E-state index is -4.44. The average molecular weight is 434 g/mol. The normalized spacial score (nSPS) is 16.8. The molecule has 2 aromatic rings. The highest BCUT2D eigenvalue weighted by molar-refractivity contribution is 6.02. The summed E-state index contributed by atoms with van der Waals surface area (Å²) in [6.45, 7) is 2.26. The van der Waals surface area contributed by atoms with Crippen LogP contribution in [0.15, 0.2) is 24.5 Å². The maximum absolute atomic E-state index is 13.0. The van der Waals surface area contributed by atoms with E-state index in [0.29, 0.717) is 28.2 Å². The van der Waals surface area contributed by atoms with Gasteiger partial charge in [-0.2, -0.15) is 13.2 Å². The zero-order valence-electron chi connectivity index (χ0n) is 17.0. The van der Waals surface area contributed by atoms with Crippen molar-refractivity contribution in [2.24, 2.45) is 5.92 Å². The van der Waals surface area contributed by atoms with Gasteiger partial charge in [-0.15, -0.1) is 0 Å². The number of ether oxygens (including phenoxy) is 1. The van der Waals surface area contributed by atoms with Gasteiger partial charge in [0, 0.05) is 23.2 Å². The summed E-state index contributed by atoms with van der Waals surface area (Å²) in [5, 5.41) is 2.81. The van der Waals surface area contributed by atoms with Gasteiger partial charge in [0.15, 0.2) is 6.61 Å². The Kier molecular flexibility index (Phi) is 5.32. The highest BCUT2D eigenvalue weighted by atomic mass is 19.4. The summed E-state index contributed by atoms with van der Waals surface area (Å²) in [4.78, 5) is 35.1. The lowest BCUT2D eigenvalue weighted by molar-refractivity contribution is -0.153. The molecule has 2 amide bonds. The Labute approximate surface area is 176 Å². The Hall–Kier alpha value is -3.17. The molecule has 164 valence electrons. The van der Waals surface area contributed by atoms with E-state index in [0.717, 1.165) is 12.8 Å². The third-order valence-electron chi connectivity index (χ3n) is 5.44. The second kappa shape index (κ2) is 7.82.